The number of likely N-dealkylation sites (tertiary alicyclic amines) is 1. The molecule has 2 aromatic carbocycles. The highest BCUT2D eigenvalue weighted by atomic mass is 16.5. The number of ether oxygens (including phenoxy) is 1. The van der Waals surface area contributed by atoms with Gasteiger partial charge in [-0.1, -0.05) is 50.2 Å². The van der Waals surface area contributed by atoms with Gasteiger partial charge in [0, 0.05) is 22.9 Å². The van der Waals surface area contributed by atoms with Crippen molar-refractivity contribution in [2.24, 2.45) is 17.8 Å². The Balaban J connectivity index is 1.60. The van der Waals surface area contributed by atoms with Crippen molar-refractivity contribution in [1.29, 1.82) is 0 Å². The molecule has 1 spiro atoms. The van der Waals surface area contributed by atoms with E-state index in [0.717, 1.165) is 11.1 Å². The lowest BCUT2D eigenvalue weighted by Crippen LogP contribution is -2.53. The van der Waals surface area contributed by atoms with Crippen LogP contribution in [0.5, 0.6) is 5.75 Å². The fraction of sp³-hybridized carbons (Fsp3) is 0.375. The molecule has 0 aromatic heterocycles. The van der Waals surface area contributed by atoms with E-state index in [1.165, 1.54) is 4.90 Å². The Bertz CT molecular complexity index is 1100. The van der Waals surface area contributed by atoms with Gasteiger partial charge in [0.1, 0.15) is 11.3 Å². The third-order valence-electron chi connectivity index (χ3n) is 6.89. The highest BCUT2D eigenvalue weighted by molar-refractivity contribution is 6.15. The van der Waals surface area contributed by atoms with Crippen molar-refractivity contribution in [2.75, 3.05) is 12.4 Å². The number of anilines is 1. The number of carbonyl (C=O) groups is 3. The van der Waals surface area contributed by atoms with Crippen LogP contribution in [0.15, 0.2) is 48.5 Å². The number of benzene rings is 2. The summed E-state index contributed by atoms with van der Waals surface area (Å²) < 4.78 is 5.41. The van der Waals surface area contributed by atoms with Crippen molar-refractivity contribution in [2.45, 2.75) is 32.0 Å². The first-order valence-electron chi connectivity index (χ1n) is 10.6. The lowest BCUT2D eigenvalue weighted by Gasteiger charge is -2.30. The fourth-order valence-corrected chi connectivity index (χ4v) is 5.48. The number of carbonyl (C=O) groups excluding carboxylic acids is 3. The molecular formula is C24H25N3O4. The second-order valence-corrected chi connectivity index (χ2v) is 8.80. The quantitative estimate of drug-likeness (QED) is 0.743. The van der Waals surface area contributed by atoms with Gasteiger partial charge in [0.2, 0.25) is 17.7 Å². The summed E-state index contributed by atoms with van der Waals surface area (Å²) in [6, 6.07) is 14.5. The Labute approximate surface area is 180 Å². The van der Waals surface area contributed by atoms with Crippen LogP contribution < -0.4 is 15.4 Å². The minimum absolute atomic E-state index is 0.0652. The number of hydrogen-bond donors (Lipinski definition) is 2. The van der Waals surface area contributed by atoms with Crippen molar-refractivity contribution in [1.82, 2.24) is 10.2 Å². The van der Waals surface area contributed by atoms with Crippen molar-refractivity contribution in [3.8, 4) is 5.75 Å². The molecule has 3 heterocycles. The second kappa shape index (κ2) is 6.92. The van der Waals surface area contributed by atoms with Gasteiger partial charge in [0.25, 0.3) is 0 Å². The number of rotatable bonds is 4. The first-order chi connectivity index (χ1) is 14.9. The standard InChI is InChI=1S/C24H25N3O4/c1-13(2)20-18-19(24(26-20)15-9-5-6-10-16(15)25-23(24)30)22(29)27(21(18)28)12-14-8-4-7-11-17(14)31-3/h4-11,13,18-20,26H,12H2,1-3H3,(H,25,30)/t18-,19-,20-,24-/m0/s1. The molecule has 31 heavy (non-hydrogen) atoms. The van der Waals surface area contributed by atoms with Crippen molar-refractivity contribution < 1.29 is 19.1 Å². The Morgan fingerprint density at radius 1 is 1.03 bits per heavy atom. The molecular weight excluding hydrogens is 394 g/mol. The molecule has 5 rings (SSSR count). The molecule has 2 aromatic rings. The molecule has 7 heteroatoms. The lowest BCUT2D eigenvalue weighted by molar-refractivity contribution is -0.143. The summed E-state index contributed by atoms with van der Waals surface area (Å²) in [5.74, 6) is -1.52. The predicted octanol–water partition coefficient (Wildman–Crippen LogP) is 2.27. The van der Waals surface area contributed by atoms with Gasteiger partial charge in [0.05, 0.1) is 25.5 Å². The molecule has 7 nitrogen and oxygen atoms in total. The molecule has 2 N–H and O–H groups in total. The average molecular weight is 419 g/mol. The Morgan fingerprint density at radius 2 is 1.74 bits per heavy atom. The third kappa shape index (κ3) is 2.59. The molecule has 3 aliphatic heterocycles. The lowest BCUT2D eigenvalue weighted by atomic mass is 9.76. The largest absolute Gasteiger partial charge is 0.496 e. The van der Waals surface area contributed by atoms with Gasteiger partial charge in [-0.3, -0.25) is 24.6 Å². The van der Waals surface area contributed by atoms with E-state index in [4.69, 9.17) is 4.74 Å². The molecule has 160 valence electrons. The Kier molecular flexibility index (Phi) is 4.41. The van der Waals surface area contributed by atoms with Gasteiger partial charge in [-0.05, 0) is 18.1 Å². The summed E-state index contributed by atoms with van der Waals surface area (Å²) >= 11 is 0. The normalized spacial score (nSPS) is 29.0. The van der Waals surface area contributed by atoms with Gasteiger partial charge in [-0.2, -0.15) is 0 Å². The summed E-state index contributed by atoms with van der Waals surface area (Å²) in [6.45, 7) is 4.14. The van der Waals surface area contributed by atoms with E-state index >= 15 is 0 Å². The van der Waals surface area contributed by atoms with E-state index in [2.05, 4.69) is 10.6 Å². The monoisotopic (exact) mass is 419 g/mol. The minimum atomic E-state index is -1.24. The maximum absolute atomic E-state index is 13.7. The number of para-hydroxylation sites is 2. The maximum Gasteiger partial charge on any atom is 0.250 e. The number of amides is 3. The SMILES string of the molecule is COc1ccccc1CN1C(=O)[C@H]2[C@@H](C1=O)[C@]1(N[C@H]2C(C)C)C(=O)Nc2ccccc21. The van der Waals surface area contributed by atoms with Crippen LogP contribution in [0.1, 0.15) is 25.0 Å². The summed E-state index contributed by atoms with van der Waals surface area (Å²) in [6.07, 6.45) is 0. The molecule has 4 atom stereocenters. The molecule has 2 saturated heterocycles. The molecule has 3 aliphatic rings. The van der Waals surface area contributed by atoms with Crippen LogP contribution in [0.3, 0.4) is 0 Å². The van der Waals surface area contributed by atoms with Crippen LogP contribution in [-0.4, -0.2) is 35.8 Å². The molecule has 0 bridgehead atoms. The van der Waals surface area contributed by atoms with Gasteiger partial charge < -0.3 is 10.1 Å². The number of nitrogens with one attached hydrogen (secondary N) is 2. The second-order valence-electron chi connectivity index (χ2n) is 8.80. The Morgan fingerprint density at radius 3 is 2.48 bits per heavy atom. The molecule has 2 fully saturated rings. The topological polar surface area (TPSA) is 87.7 Å². The molecule has 0 saturated carbocycles. The zero-order valence-electron chi connectivity index (χ0n) is 17.7. The number of imide groups is 1. The highest BCUT2D eigenvalue weighted by Crippen LogP contribution is 2.54. The summed E-state index contributed by atoms with van der Waals surface area (Å²) in [7, 11) is 1.56. The van der Waals surface area contributed by atoms with Crippen molar-refractivity contribution in [3.05, 3.63) is 59.7 Å². The number of methoxy groups -OCH3 is 1. The summed E-state index contributed by atoms with van der Waals surface area (Å²) in [4.78, 5) is 41.9. The molecule has 0 radical (unpaired) electrons. The first kappa shape index (κ1) is 19.8. The van der Waals surface area contributed by atoms with E-state index in [-0.39, 0.29) is 36.2 Å². The number of nitrogens with zero attached hydrogens (tertiary/aromatic N) is 1. The van der Waals surface area contributed by atoms with Crippen LogP contribution >= 0.6 is 0 Å². The van der Waals surface area contributed by atoms with Crippen LogP contribution in [0, 0.1) is 17.8 Å². The first-order valence-corrected chi connectivity index (χ1v) is 10.6. The van der Waals surface area contributed by atoms with E-state index in [9.17, 15) is 14.4 Å². The van der Waals surface area contributed by atoms with E-state index in [0.29, 0.717) is 11.4 Å². The van der Waals surface area contributed by atoms with Crippen molar-refractivity contribution in [3.63, 3.8) is 0 Å². The van der Waals surface area contributed by atoms with Crippen LogP contribution in [0.25, 0.3) is 0 Å². The van der Waals surface area contributed by atoms with Crippen LogP contribution in [0.4, 0.5) is 5.69 Å². The maximum atomic E-state index is 13.7. The highest BCUT2D eigenvalue weighted by Gasteiger charge is 2.70. The van der Waals surface area contributed by atoms with E-state index < -0.39 is 17.4 Å². The Hall–Kier alpha value is -3.19. The van der Waals surface area contributed by atoms with E-state index in [1.807, 2.05) is 62.4 Å². The van der Waals surface area contributed by atoms with Crippen LogP contribution in [-0.2, 0) is 26.5 Å². The van der Waals surface area contributed by atoms with Gasteiger partial charge in [-0.25, -0.2) is 0 Å². The van der Waals surface area contributed by atoms with Gasteiger partial charge >= 0.3 is 0 Å². The zero-order valence-corrected chi connectivity index (χ0v) is 17.7. The summed E-state index contributed by atoms with van der Waals surface area (Å²) in [5.41, 5.74) is 0.939. The smallest absolute Gasteiger partial charge is 0.250 e. The number of fused-ring (bicyclic) bond motifs is 4. The van der Waals surface area contributed by atoms with Crippen molar-refractivity contribution >= 4 is 23.4 Å². The summed E-state index contributed by atoms with van der Waals surface area (Å²) in [5, 5.41) is 6.35. The fourth-order valence-electron chi connectivity index (χ4n) is 5.48. The van der Waals surface area contributed by atoms with Gasteiger partial charge in [0.15, 0.2) is 0 Å². The predicted molar refractivity (Wildman–Crippen MR) is 114 cm³/mol. The number of hydrogen-bond acceptors (Lipinski definition) is 5. The third-order valence-corrected chi connectivity index (χ3v) is 6.89. The van der Waals surface area contributed by atoms with E-state index in [1.54, 1.807) is 7.11 Å². The molecule has 3 amide bonds. The minimum Gasteiger partial charge on any atom is -0.496 e. The van der Waals surface area contributed by atoms with Gasteiger partial charge in [-0.15, -0.1) is 0 Å². The zero-order chi connectivity index (χ0) is 21.9. The van der Waals surface area contributed by atoms with Crippen LogP contribution in [0.2, 0.25) is 0 Å². The molecule has 0 unspecified atom stereocenters. The average Bonchev–Trinajstić information content (AvgIpc) is 3.35. The molecule has 0 aliphatic carbocycles.